The SMILES string of the molecule is NC1(O)CCN(c2ccc(F)cc2)CC1. The Morgan fingerprint density at radius 1 is 1.20 bits per heavy atom. The van der Waals surface area contributed by atoms with Gasteiger partial charge in [0, 0.05) is 31.6 Å². The maximum absolute atomic E-state index is 12.7. The second kappa shape index (κ2) is 3.79. The van der Waals surface area contributed by atoms with E-state index in [-0.39, 0.29) is 5.82 Å². The molecule has 3 nitrogen and oxygen atoms in total. The largest absolute Gasteiger partial charge is 0.376 e. The van der Waals surface area contributed by atoms with Gasteiger partial charge in [-0.15, -0.1) is 0 Å². The number of nitrogens with two attached hydrogens (primary N) is 1. The summed E-state index contributed by atoms with van der Waals surface area (Å²) in [6.07, 6.45) is 1.09. The Hall–Kier alpha value is -1.13. The van der Waals surface area contributed by atoms with Gasteiger partial charge in [-0.2, -0.15) is 0 Å². The summed E-state index contributed by atoms with van der Waals surface area (Å²) in [6, 6.07) is 6.38. The van der Waals surface area contributed by atoms with E-state index in [4.69, 9.17) is 5.73 Å². The van der Waals surface area contributed by atoms with Crippen LogP contribution in [-0.4, -0.2) is 23.9 Å². The number of benzene rings is 1. The van der Waals surface area contributed by atoms with Gasteiger partial charge in [-0.3, -0.25) is 0 Å². The lowest BCUT2D eigenvalue weighted by molar-refractivity contribution is 0.0226. The predicted molar refractivity (Wildman–Crippen MR) is 57.0 cm³/mol. The minimum atomic E-state index is -1.03. The Kier molecular flexibility index (Phi) is 2.63. The Bertz CT molecular complexity index is 327. The van der Waals surface area contributed by atoms with Crippen molar-refractivity contribution in [3.8, 4) is 0 Å². The molecule has 3 N–H and O–H groups in total. The summed E-state index contributed by atoms with van der Waals surface area (Å²) in [7, 11) is 0. The lowest BCUT2D eigenvalue weighted by atomic mass is 10.0. The van der Waals surface area contributed by atoms with E-state index in [0.717, 1.165) is 5.69 Å². The molecule has 0 bridgehead atoms. The number of hydrogen-bond acceptors (Lipinski definition) is 3. The van der Waals surface area contributed by atoms with Crippen LogP contribution in [0.2, 0.25) is 0 Å². The smallest absolute Gasteiger partial charge is 0.123 e. The minimum absolute atomic E-state index is 0.230. The van der Waals surface area contributed by atoms with Gasteiger partial charge in [-0.1, -0.05) is 0 Å². The minimum Gasteiger partial charge on any atom is -0.376 e. The van der Waals surface area contributed by atoms with Crippen molar-refractivity contribution in [1.29, 1.82) is 0 Å². The van der Waals surface area contributed by atoms with Gasteiger partial charge in [0.15, 0.2) is 0 Å². The van der Waals surface area contributed by atoms with E-state index >= 15 is 0 Å². The molecule has 1 fully saturated rings. The first-order valence-corrected chi connectivity index (χ1v) is 5.09. The fraction of sp³-hybridized carbons (Fsp3) is 0.455. The van der Waals surface area contributed by atoms with Crippen LogP contribution in [0.15, 0.2) is 24.3 Å². The second-order valence-electron chi connectivity index (χ2n) is 4.07. The van der Waals surface area contributed by atoms with Crippen LogP contribution in [-0.2, 0) is 0 Å². The Balaban J connectivity index is 2.04. The van der Waals surface area contributed by atoms with E-state index in [1.165, 1.54) is 12.1 Å². The number of piperidine rings is 1. The molecule has 0 radical (unpaired) electrons. The maximum atomic E-state index is 12.7. The molecule has 0 unspecified atom stereocenters. The molecule has 0 saturated carbocycles. The highest BCUT2D eigenvalue weighted by Crippen LogP contribution is 2.22. The van der Waals surface area contributed by atoms with Crippen LogP contribution in [0.3, 0.4) is 0 Å². The third kappa shape index (κ3) is 2.46. The molecule has 4 heteroatoms. The fourth-order valence-electron chi connectivity index (χ4n) is 1.80. The summed E-state index contributed by atoms with van der Waals surface area (Å²) in [5.74, 6) is -0.230. The number of hydrogen-bond donors (Lipinski definition) is 2. The first kappa shape index (κ1) is 10.4. The average Bonchev–Trinajstić information content (AvgIpc) is 2.20. The molecule has 1 heterocycles. The predicted octanol–water partition coefficient (Wildman–Crippen LogP) is 1.07. The first-order chi connectivity index (χ1) is 7.07. The molecule has 0 aliphatic carbocycles. The monoisotopic (exact) mass is 210 g/mol. The zero-order valence-corrected chi connectivity index (χ0v) is 8.49. The van der Waals surface area contributed by atoms with Crippen LogP contribution in [0.4, 0.5) is 10.1 Å². The zero-order valence-electron chi connectivity index (χ0n) is 8.49. The van der Waals surface area contributed by atoms with Crippen molar-refractivity contribution in [3.05, 3.63) is 30.1 Å². The fourth-order valence-corrected chi connectivity index (χ4v) is 1.80. The highest BCUT2D eigenvalue weighted by atomic mass is 19.1. The molecule has 1 aliphatic rings. The van der Waals surface area contributed by atoms with Crippen LogP contribution < -0.4 is 10.6 Å². The van der Waals surface area contributed by atoms with E-state index in [2.05, 4.69) is 4.90 Å². The number of nitrogens with zero attached hydrogens (tertiary/aromatic N) is 1. The average molecular weight is 210 g/mol. The van der Waals surface area contributed by atoms with Crippen molar-refractivity contribution in [1.82, 2.24) is 0 Å². The summed E-state index contributed by atoms with van der Waals surface area (Å²) in [4.78, 5) is 2.10. The van der Waals surface area contributed by atoms with Crippen LogP contribution in [0.1, 0.15) is 12.8 Å². The van der Waals surface area contributed by atoms with Gasteiger partial charge in [0.05, 0.1) is 0 Å². The molecule has 0 amide bonds. The normalized spacial score (nSPS) is 20.3. The Labute approximate surface area is 88.3 Å². The number of aliphatic hydroxyl groups is 1. The van der Waals surface area contributed by atoms with E-state index in [9.17, 15) is 9.50 Å². The molecule has 1 aliphatic heterocycles. The molecule has 0 spiro atoms. The van der Waals surface area contributed by atoms with Gasteiger partial charge in [0.2, 0.25) is 0 Å². The van der Waals surface area contributed by atoms with Crippen LogP contribution >= 0.6 is 0 Å². The molecule has 1 aromatic carbocycles. The maximum Gasteiger partial charge on any atom is 0.123 e. The Morgan fingerprint density at radius 2 is 1.73 bits per heavy atom. The van der Waals surface area contributed by atoms with Crippen molar-refractivity contribution in [2.45, 2.75) is 18.6 Å². The third-order valence-electron chi connectivity index (χ3n) is 2.82. The topological polar surface area (TPSA) is 49.5 Å². The quantitative estimate of drug-likeness (QED) is 0.682. The van der Waals surface area contributed by atoms with Crippen LogP contribution in [0.25, 0.3) is 0 Å². The van der Waals surface area contributed by atoms with E-state index < -0.39 is 5.72 Å². The van der Waals surface area contributed by atoms with E-state index in [1.54, 1.807) is 12.1 Å². The summed E-state index contributed by atoms with van der Waals surface area (Å²) in [5, 5.41) is 9.57. The van der Waals surface area contributed by atoms with Gasteiger partial charge in [-0.05, 0) is 24.3 Å². The second-order valence-corrected chi connectivity index (χ2v) is 4.07. The lowest BCUT2D eigenvalue weighted by Crippen LogP contribution is -2.50. The van der Waals surface area contributed by atoms with Gasteiger partial charge >= 0.3 is 0 Å². The standard InChI is InChI=1S/C11H15FN2O/c12-9-1-3-10(4-2-9)14-7-5-11(13,15)6-8-14/h1-4,15H,5-8,13H2. The van der Waals surface area contributed by atoms with Crippen molar-refractivity contribution >= 4 is 5.69 Å². The van der Waals surface area contributed by atoms with Gasteiger partial charge in [0.1, 0.15) is 11.5 Å². The molecule has 1 aromatic rings. The lowest BCUT2D eigenvalue weighted by Gasteiger charge is -2.36. The zero-order chi connectivity index (χ0) is 10.9. The van der Waals surface area contributed by atoms with Gasteiger partial charge in [-0.25, -0.2) is 4.39 Å². The Morgan fingerprint density at radius 3 is 2.27 bits per heavy atom. The van der Waals surface area contributed by atoms with Crippen molar-refractivity contribution in [2.24, 2.45) is 5.73 Å². The molecule has 0 atom stereocenters. The molecule has 82 valence electrons. The van der Waals surface area contributed by atoms with E-state index in [0.29, 0.717) is 25.9 Å². The highest BCUT2D eigenvalue weighted by Gasteiger charge is 2.27. The molecule has 2 rings (SSSR count). The summed E-state index contributed by atoms with van der Waals surface area (Å²) in [6.45, 7) is 1.41. The first-order valence-electron chi connectivity index (χ1n) is 5.09. The van der Waals surface area contributed by atoms with E-state index in [1.807, 2.05) is 0 Å². The molecule has 0 aromatic heterocycles. The van der Waals surface area contributed by atoms with Crippen molar-refractivity contribution in [2.75, 3.05) is 18.0 Å². The van der Waals surface area contributed by atoms with Gasteiger partial charge < -0.3 is 15.7 Å². The van der Waals surface area contributed by atoms with Crippen molar-refractivity contribution in [3.63, 3.8) is 0 Å². The van der Waals surface area contributed by atoms with Crippen molar-refractivity contribution < 1.29 is 9.50 Å². The molecular weight excluding hydrogens is 195 g/mol. The third-order valence-corrected chi connectivity index (χ3v) is 2.82. The molecular formula is C11H15FN2O. The summed E-state index contributed by atoms with van der Waals surface area (Å²) in [5.41, 5.74) is 5.56. The van der Waals surface area contributed by atoms with Gasteiger partial charge in [0.25, 0.3) is 0 Å². The summed E-state index contributed by atoms with van der Waals surface area (Å²) < 4.78 is 12.7. The molecule has 15 heavy (non-hydrogen) atoms. The molecule has 1 saturated heterocycles. The highest BCUT2D eigenvalue weighted by molar-refractivity contribution is 5.46. The number of halogens is 1. The van der Waals surface area contributed by atoms with Crippen LogP contribution in [0, 0.1) is 5.82 Å². The number of anilines is 1. The van der Waals surface area contributed by atoms with Crippen LogP contribution in [0.5, 0.6) is 0 Å². The summed E-state index contributed by atoms with van der Waals surface area (Å²) >= 11 is 0. The number of rotatable bonds is 1.